The van der Waals surface area contributed by atoms with Crippen LogP contribution < -0.4 is 5.32 Å². The summed E-state index contributed by atoms with van der Waals surface area (Å²) < 4.78 is 0. The molecule has 0 aliphatic heterocycles. The maximum Gasteiger partial charge on any atom is 0.107 e. The largest absolute Gasteiger partial charge is 0.314 e. The Bertz CT molecular complexity index is 538. The Balaban J connectivity index is 1.74. The highest BCUT2D eigenvalue weighted by atomic mass is 32.1. The van der Waals surface area contributed by atoms with Crippen molar-refractivity contribution >= 4 is 11.3 Å². The Labute approximate surface area is 125 Å². The van der Waals surface area contributed by atoms with Crippen LogP contribution in [0.4, 0.5) is 0 Å². The van der Waals surface area contributed by atoms with E-state index in [0.29, 0.717) is 0 Å². The summed E-state index contributed by atoms with van der Waals surface area (Å²) in [5.41, 5.74) is 3.86. The van der Waals surface area contributed by atoms with Gasteiger partial charge >= 0.3 is 0 Å². The minimum Gasteiger partial charge on any atom is -0.314 e. The molecule has 20 heavy (non-hydrogen) atoms. The Morgan fingerprint density at radius 1 is 1.15 bits per heavy atom. The molecule has 0 atom stereocenters. The third-order valence-corrected chi connectivity index (χ3v) is 5.01. The van der Waals surface area contributed by atoms with Crippen LogP contribution in [0, 0.1) is 0 Å². The third-order valence-electron chi connectivity index (χ3n) is 4.16. The van der Waals surface area contributed by atoms with Gasteiger partial charge in [-0.1, -0.05) is 43.5 Å². The first-order chi connectivity index (χ1) is 9.86. The van der Waals surface area contributed by atoms with Gasteiger partial charge < -0.3 is 5.32 Å². The summed E-state index contributed by atoms with van der Waals surface area (Å²) in [6, 6.07) is 9.09. The molecule has 1 aromatic carbocycles. The molecule has 0 radical (unpaired) electrons. The Kier molecular flexibility index (Phi) is 4.48. The van der Waals surface area contributed by atoms with Gasteiger partial charge in [0.15, 0.2) is 0 Å². The van der Waals surface area contributed by atoms with Crippen LogP contribution in [-0.4, -0.2) is 12.0 Å². The number of hydrogen-bond donors (Lipinski definition) is 1. The average molecular weight is 286 g/mol. The zero-order chi connectivity index (χ0) is 13.8. The van der Waals surface area contributed by atoms with Gasteiger partial charge in [-0.15, -0.1) is 11.3 Å². The van der Waals surface area contributed by atoms with Gasteiger partial charge in [0.2, 0.25) is 0 Å². The van der Waals surface area contributed by atoms with E-state index in [4.69, 9.17) is 0 Å². The number of nitrogens with one attached hydrogen (secondary N) is 1. The lowest BCUT2D eigenvalue weighted by Gasteiger charge is -2.22. The van der Waals surface area contributed by atoms with Crippen LogP contribution in [0.3, 0.4) is 0 Å². The van der Waals surface area contributed by atoms with Gasteiger partial charge in [0.1, 0.15) is 5.01 Å². The lowest BCUT2D eigenvalue weighted by atomic mass is 9.84. The Morgan fingerprint density at radius 2 is 1.90 bits per heavy atom. The predicted octanol–water partition coefficient (Wildman–Crippen LogP) is 4.58. The zero-order valence-electron chi connectivity index (χ0n) is 12.1. The standard InChI is InChI=1S/C17H22N2S/c1-18-11-17-19-16(12-20-17)15-9-7-14(8-10-15)13-5-3-2-4-6-13/h7-10,12-13,18H,2-6,11H2,1H3. The highest BCUT2D eigenvalue weighted by Crippen LogP contribution is 2.33. The third kappa shape index (κ3) is 3.10. The number of rotatable bonds is 4. The molecule has 1 saturated carbocycles. The van der Waals surface area contributed by atoms with E-state index in [1.807, 2.05) is 7.05 Å². The molecular weight excluding hydrogens is 264 g/mol. The van der Waals surface area contributed by atoms with Gasteiger partial charge in [0.25, 0.3) is 0 Å². The fourth-order valence-electron chi connectivity index (χ4n) is 3.04. The molecule has 0 saturated heterocycles. The van der Waals surface area contributed by atoms with E-state index in [9.17, 15) is 0 Å². The van der Waals surface area contributed by atoms with Crippen molar-refractivity contribution in [1.82, 2.24) is 10.3 Å². The number of nitrogens with zero attached hydrogens (tertiary/aromatic N) is 1. The first-order valence-corrected chi connectivity index (χ1v) is 8.44. The van der Waals surface area contributed by atoms with Crippen LogP contribution in [0.25, 0.3) is 11.3 Å². The molecule has 106 valence electrons. The number of benzene rings is 1. The summed E-state index contributed by atoms with van der Waals surface area (Å²) in [7, 11) is 1.96. The highest BCUT2D eigenvalue weighted by molar-refractivity contribution is 7.09. The van der Waals surface area contributed by atoms with Gasteiger partial charge in [-0.25, -0.2) is 4.98 Å². The second-order valence-electron chi connectivity index (χ2n) is 5.61. The van der Waals surface area contributed by atoms with Gasteiger partial charge in [0.05, 0.1) is 5.69 Å². The van der Waals surface area contributed by atoms with E-state index >= 15 is 0 Å². The molecule has 1 heterocycles. The number of thiazole rings is 1. The molecule has 0 amide bonds. The summed E-state index contributed by atoms with van der Waals surface area (Å²) in [6.07, 6.45) is 6.93. The molecule has 0 unspecified atom stereocenters. The van der Waals surface area contributed by atoms with Crippen LogP contribution in [0.2, 0.25) is 0 Å². The van der Waals surface area contributed by atoms with E-state index < -0.39 is 0 Å². The zero-order valence-corrected chi connectivity index (χ0v) is 12.9. The first kappa shape index (κ1) is 13.8. The van der Waals surface area contributed by atoms with Crippen molar-refractivity contribution in [2.24, 2.45) is 0 Å². The molecule has 3 rings (SSSR count). The van der Waals surface area contributed by atoms with Crippen molar-refractivity contribution in [3.63, 3.8) is 0 Å². The Morgan fingerprint density at radius 3 is 2.60 bits per heavy atom. The van der Waals surface area contributed by atoms with Crippen LogP contribution in [0.15, 0.2) is 29.6 Å². The molecule has 1 N–H and O–H groups in total. The SMILES string of the molecule is CNCc1nc(-c2ccc(C3CCCCC3)cc2)cs1. The monoisotopic (exact) mass is 286 g/mol. The predicted molar refractivity (Wildman–Crippen MR) is 86.1 cm³/mol. The fourth-order valence-corrected chi connectivity index (χ4v) is 3.85. The van der Waals surface area contributed by atoms with Crippen molar-refractivity contribution in [3.05, 3.63) is 40.2 Å². The van der Waals surface area contributed by atoms with Crippen molar-refractivity contribution in [2.45, 2.75) is 44.6 Å². The van der Waals surface area contributed by atoms with Crippen molar-refractivity contribution in [3.8, 4) is 11.3 Å². The summed E-state index contributed by atoms with van der Waals surface area (Å²) in [4.78, 5) is 4.67. The number of hydrogen-bond acceptors (Lipinski definition) is 3. The van der Waals surface area contributed by atoms with E-state index in [1.54, 1.807) is 11.3 Å². The molecule has 1 aliphatic rings. The maximum atomic E-state index is 4.67. The molecule has 0 spiro atoms. The van der Waals surface area contributed by atoms with E-state index in [1.165, 1.54) is 43.2 Å². The summed E-state index contributed by atoms with van der Waals surface area (Å²) in [6.45, 7) is 0.852. The van der Waals surface area contributed by atoms with E-state index in [0.717, 1.165) is 23.2 Å². The minimum absolute atomic E-state index is 0.785. The molecule has 2 aromatic rings. The lowest BCUT2D eigenvalue weighted by molar-refractivity contribution is 0.443. The Hall–Kier alpha value is -1.19. The molecule has 3 heteroatoms. The summed E-state index contributed by atoms with van der Waals surface area (Å²) in [5, 5.41) is 6.46. The normalized spacial score (nSPS) is 16.4. The quantitative estimate of drug-likeness (QED) is 0.890. The molecular formula is C17H22N2S. The van der Waals surface area contributed by atoms with Gasteiger partial charge in [0, 0.05) is 17.5 Å². The first-order valence-electron chi connectivity index (χ1n) is 7.56. The summed E-state index contributed by atoms with van der Waals surface area (Å²) >= 11 is 1.73. The molecule has 0 bridgehead atoms. The summed E-state index contributed by atoms with van der Waals surface area (Å²) in [5.74, 6) is 0.785. The minimum atomic E-state index is 0.785. The molecule has 1 aromatic heterocycles. The van der Waals surface area contributed by atoms with Gasteiger partial charge in [-0.3, -0.25) is 0 Å². The van der Waals surface area contributed by atoms with Gasteiger partial charge in [-0.2, -0.15) is 0 Å². The van der Waals surface area contributed by atoms with Crippen LogP contribution >= 0.6 is 11.3 Å². The van der Waals surface area contributed by atoms with Crippen molar-refractivity contribution < 1.29 is 0 Å². The smallest absolute Gasteiger partial charge is 0.107 e. The van der Waals surface area contributed by atoms with Gasteiger partial charge in [-0.05, 0) is 31.4 Å². The van der Waals surface area contributed by atoms with E-state index in [2.05, 4.69) is 39.9 Å². The highest BCUT2D eigenvalue weighted by Gasteiger charge is 2.15. The second-order valence-corrected chi connectivity index (χ2v) is 6.56. The van der Waals surface area contributed by atoms with E-state index in [-0.39, 0.29) is 0 Å². The topological polar surface area (TPSA) is 24.9 Å². The van der Waals surface area contributed by atoms with Crippen molar-refractivity contribution in [1.29, 1.82) is 0 Å². The molecule has 1 aliphatic carbocycles. The van der Waals surface area contributed by atoms with Crippen molar-refractivity contribution in [2.75, 3.05) is 7.05 Å². The molecule has 1 fully saturated rings. The average Bonchev–Trinajstić information content (AvgIpc) is 2.97. The van der Waals surface area contributed by atoms with Crippen LogP contribution in [0.1, 0.15) is 48.6 Å². The van der Waals surface area contributed by atoms with Crippen LogP contribution in [0.5, 0.6) is 0 Å². The van der Waals surface area contributed by atoms with Crippen LogP contribution in [-0.2, 0) is 6.54 Å². The second kappa shape index (κ2) is 6.51. The maximum absolute atomic E-state index is 4.67. The number of aromatic nitrogens is 1. The molecule has 2 nitrogen and oxygen atoms in total. The fraction of sp³-hybridized carbons (Fsp3) is 0.471. The lowest BCUT2D eigenvalue weighted by Crippen LogP contribution is -2.04.